The molecule has 4 rings (SSSR count). The number of rotatable bonds is 9. The molecule has 0 unspecified atom stereocenters. The molecule has 2 atom stereocenters. The van der Waals surface area contributed by atoms with E-state index in [4.69, 9.17) is 11.6 Å². The molecule has 0 aliphatic carbocycles. The van der Waals surface area contributed by atoms with Crippen LogP contribution in [0.1, 0.15) is 49.5 Å². The van der Waals surface area contributed by atoms with Gasteiger partial charge in [0.1, 0.15) is 12.6 Å². The Hall–Kier alpha value is -3.38. The van der Waals surface area contributed by atoms with Gasteiger partial charge in [-0.2, -0.15) is 0 Å². The molecule has 0 fully saturated rings. The van der Waals surface area contributed by atoms with E-state index in [-0.39, 0.29) is 36.9 Å². The largest absolute Gasteiger partial charge is 0.352 e. The summed E-state index contributed by atoms with van der Waals surface area (Å²) in [6.45, 7) is 5.82. The summed E-state index contributed by atoms with van der Waals surface area (Å²) in [6.07, 6.45) is 1.22. The fourth-order valence-corrected chi connectivity index (χ4v) is 4.73. The van der Waals surface area contributed by atoms with Gasteiger partial charge in [0.2, 0.25) is 11.8 Å². The molecule has 1 aliphatic heterocycles. The summed E-state index contributed by atoms with van der Waals surface area (Å²) in [7, 11) is 0. The number of benzene rings is 3. The molecule has 0 radical (unpaired) electrons. The molecule has 0 aromatic heterocycles. The molecule has 0 saturated carbocycles. The minimum Gasteiger partial charge on any atom is -0.352 e. The predicted octanol–water partition coefficient (Wildman–Crippen LogP) is 5.18. The van der Waals surface area contributed by atoms with E-state index in [0.29, 0.717) is 22.7 Å². The van der Waals surface area contributed by atoms with Crippen LogP contribution in [0.15, 0.2) is 60.7 Å². The Morgan fingerprint density at radius 1 is 1.00 bits per heavy atom. The molecule has 3 aromatic carbocycles. The van der Waals surface area contributed by atoms with Crippen molar-refractivity contribution in [3.8, 4) is 0 Å². The Balaban J connectivity index is 1.66. The fourth-order valence-electron chi connectivity index (χ4n) is 4.53. The zero-order valence-electron chi connectivity index (χ0n) is 20.3. The number of carbonyl (C=O) groups is 3. The standard InChI is InChI=1S/C28H30ClN3O3/c1-4-18(3)30-27(34)23(5-2)31(16-20-10-6-7-14-22(20)29)25(33)17-32-24-15-9-12-19-11-8-13-21(26(19)24)28(32)35/h6-15,18,23H,4-5,16-17H2,1-3H3,(H,30,34)/t18-,23+/m0/s1. The highest BCUT2D eigenvalue weighted by Gasteiger charge is 2.35. The van der Waals surface area contributed by atoms with Gasteiger partial charge in [-0.05, 0) is 48.9 Å². The summed E-state index contributed by atoms with van der Waals surface area (Å²) in [5.74, 6) is -0.727. The summed E-state index contributed by atoms with van der Waals surface area (Å²) in [6, 6.07) is 17.9. The molecule has 35 heavy (non-hydrogen) atoms. The number of amides is 3. The van der Waals surface area contributed by atoms with Gasteiger partial charge in [0, 0.05) is 28.6 Å². The van der Waals surface area contributed by atoms with Crippen LogP contribution in [0, 0.1) is 0 Å². The highest BCUT2D eigenvalue weighted by atomic mass is 35.5. The van der Waals surface area contributed by atoms with Gasteiger partial charge >= 0.3 is 0 Å². The summed E-state index contributed by atoms with van der Waals surface area (Å²) in [4.78, 5) is 43.3. The first-order chi connectivity index (χ1) is 16.8. The first-order valence-corrected chi connectivity index (χ1v) is 12.4. The summed E-state index contributed by atoms with van der Waals surface area (Å²) in [5.41, 5.74) is 2.05. The van der Waals surface area contributed by atoms with Crippen molar-refractivity contribution in [1.82, 2.24) is 10.2 Å². The van der Waals surface area contributed by atoms with E-state index in [1.54, 1.807) is 17.0 Å². The van der Waals surface area contributed by atoms with Crippen molar-refractivity contribution in [3.05, 3.63) is 76.8 Å². The number of hydrogen-bond acceptors (Lipinski definition) is 3. The van der Waals surface area contributed by atoms with E-state index < -0.39 is 6.04 Å². The molecule has 3 aromatic rings. The number of hydrogen-bond donors (Lipinski definition) is 1. The second-order valence-electron chi connectivity index (χ2n) is 8.93. The average Bonchev–Trinajstić information content (AvgIpc) is 3.12. The molecular weight excluding hydrogens is 462 g/mol. The molecule has 1 aliphatic rings. The fraction of sp³-hybridized carbons (Fsp3) is 0.321. The van der Waals surface area contributed by atoms with Crippen molar-refractivity contribution in [2.24, 2.45) is 0 Å². The highest BCUT2D eigenvalue weighted by molar-refractivity contribution is 6.31. The third kappa shape index (κ3) is 4.89. The van der Waals surface area contributed by atoms with Gasteiger partial charge in [-0.15, -0.1) is 0 Å². The second-order valence-corrected chi connectivity index (χ2v) is 9.33. The third-order valence-corrected chi connectivity index (χ3v) is 7.00. The molecule has 1 heterocycles. The van der Waals surface area contributed by atoms with Crippen molar-refractivity contribution in [3.63, 3.8) is 0 Å². The number of halogens is 1. The molecule has 0 saturated heterocycles. The summed E-state index contributed by atoms with van der Waals surface area (Å²) in [5, 5.41) is 5.34. The number of carbonyl (C=O) groups excluding carboxylic acids is 3. The topological polar surface area (TPSA) is 69.7 Å². The van der Waals surface area contributed by atoms with Gasteiger partial charge in [0.25, 0.3) is 5.91 Å². The quantitative estimate of drug-likeness (QED) is 0.448. The normalized spacial score (nSPS) is 14.2. The van der Waals surface area contributed by atoms with Gasteiger partial charge in [-0.1, -0.05) is 67.9 Å². The Morgan fingerprint density at radius 2 is 1.71 bits per heavy atom. The van der Waals surface area contributed by atoms with Crippen LogP contribution < -0.4 is 10.2 Å². The molecule has 0 spiro atoms. The maximum Gasteiger partial charge on any atom is 0.259 e. The van der Waals surface area contributed by atoms with Crippen molar-refractivity contribution < 1.29 is 14.4 Å². The Bertz CT molecular complexity index is 1270. The molecule has 6 nitrogen and oxygen atoms in total. The molecular formula is C28H30ClN3O3. The van der Waals surface area contributed by atoms with Crippen LogP contribution in [0.3, 0.4) is 0 Å². The molecule has 1 N–H and O–H groups in total. The number of anilines is 1. The van der Waals surface area contributed by atoms with Gasteiger partial charge in [0.05, 0.1) is 5.69 Å². The number of nitrogens with zero attached hydrogens (tertiary/aromatic N) is 2. The number of nitrogens with one attached hydrogen (secondary N) is 1. The van der Waals surface area contributed by atoms with Crippen LogP contribution in [0.4, 0.5) is 5.69 Å². The Labute approximate surface area is 210 Å². The van der Waals surface area contributed by atoms with Gasteiger partial charge in [-0.25, -0.2) is 0 Å². The lowest BCUT2D eigenvalue weighted by Gasteiger charge is -2.33. The van der Waals surface area contributed by atoms with Crippen molar-refractivity contribution in [2.75, 3.05) is 11.4 Å². The zero-order valence-corrected chi connectivity index (χ0v) is 21.0. The van der Waals surface area contributed by atoms with Crippen LogP contribution in [0.2, 0.25) is 5.02 Å². The maximum absolute atomic E-state index is 13.8. The molecule has 0 bridgehead atoms. The van der Waals surface area contributed by atoms with Crippen LogP contribution in [0.25, 0.3) is 10.8 Å². The van der Waals surface area contributed by atoms with E-state index in [1.165, 1.54) is 4.90 Å². The van der Waals surface area contributed by atoms with Crippen LogP contribution in [-0.2, 0) is 16.1 Å². The average molecular weight is 492 g/mol. The summed E-state index contributed by atoms with van der Waals surface area (Å²) >= 11 is 6.41. The van der Waals surface area contributed by atoms with E-state index in [2.05, 4.69) is 5.32 Å². The van der Waals surface area contributed by atoms with Crippen molar-refractivity contribution >= 4 is 45.8 Å². The van der Waals surface area contributed by atoms with Gasteiger partial charge in [0.15, 0.2) is 0 Å². The minimum absolute atomic E-state index is 0.0129. The second kappa shape index (κ2) is 10.5. The van der Waals surface area contributed by atoms with E-state index in [9.17, 15) is 14.4 Å². The maximum atomic E-state index is 13.8. The minimum atomic E-state index is -0.691. The lowest BCUT2D eigenvalue weighted by atomic mass is 10.1. The highest BCUT2D eigenvalue weighted by Crippen LogP contribution is 2.37. The monoisotopic (exact) mass is 491 g/mol. The predicted molar refractivity (Wildman–Crippen MR) is 140 cm³/mol. The van der Waals surface area contributed by atoms with E-state index >= 15 is 0 Å². The third-order valence-electron chi connectivity index (χ3n) is 6.63. The van der Waals surface area contributed by atoms with Crippen LogP contribution in [-0.4, -0.2) is 41.2 Å². The van der Waals surface area contributed by atoms with Crippen molar-refractivity contribution in [2.45, 2.75) is 52.2 Å². The molecule has 3 amide bonds. The molecule has 182 valence electrons. The van der Waals surface area contributed by atoms with Crippen LogP contribution in [0.5, 0.6) is 0 Å². The SMILES string of the molecule is CC[C@H](C(=O)N[C@@H](C)CC)N(Cc1ccccc1Cl)C(=O)CN1C(=O)c2cccc3cccc1c23. The van der Waals surface area contributed by atoms with Gasteiger partial charge < -0.3 is 10.2 Å². The summed E-state index contributed by atoms with van der Waals surface area (Å²) < 4.78 is 0. The van der Waals surface area contributed by atoms with Crippen LogP contribution >= 0.6 is 11.6 Å². The van der Waals surface area contributed by atoms with Crippen molar-refractivity contribution in [1.29, 1.82) is 0 Å². The zero-order chi connectivity index (χ0) is 25.1. The Morgan fingerprint density at radius 3 is 2.40 bits per heavy atom. The lowest BCUT2D eigenvalue weighted by Crippen LogP contribution is -2.53. The molecule has 7 heteroatoms. The first-order valence-electron chi connectivity index (χ1n) is 12.0. The van der Waals surface area contributed by atoms with E-state index in [1.807, 2.05) is 69.3 Å². The van der Waals surface area contributed by atoms with Gasteiger partial charge in [-0.3, -0.25) is 19.3 Å². The van der Waals surface area contributed by atoms with E-state index in [0.717, 1.165) is 22.8 Å². The lowest BCUT2D eigenvalue weighted by molar-refractivity contribution is -0.140. The Kier molecular flexibility index (Phi) is 7.41. The smallest absolute Gasteiger partial charge is 0.259 e. The first kappa shape index (κ1) is 24.7.